The van der Waals surface area contributed by atoms with E-state index in [1.165, 1.54) is 18.2 Å². The molecule has 0 spiro atoms. The van der Waals surface area contributed by atoms with E-state index >= 15 is 0 Å². The predicted octanol–water partition coefficient (Wildman–Crippen LogP) is 3.47. The predicted molar refractivity (Wildman–Crippen MR) is 61.7 cm³/mol. The summed E-state index contributed by atoms with van der Waals surface area (Å²) in [7, 11) is 0. The lowest BCUT2D eigenvalue weighted by Gasteiger charge is -2.05. The fourth-order valence-electron chi connectivity index (χ4n) is 1.38. The summed E-state index contributed by atoms with van der Waals surface area (Å²) >= 11 is 3.18. The fourth-order valence-corrected chi connectivity index (χ4v) is 1.96. The van der Waals surface area contributed by atoms with Crippen molar-refractivity contribution in [2.24, 2.45) is 0 Å². The van der Waals surface area contributed by atoms with Crippen LogP contribution in [0.1, 0.15) is 15.9 Å². The summed E-state index contributed by atoms with van der Waals surface area (Å²) in [4.78, 5) is 10.6. The van der Waals surface area contributed by atoms with Gasteiger partial charge in [0.25, 0.3) is 0 Å². The number of nitrogens with zero attached hydrogens (tertiary/aromatic N) is 2. The number of hydrogen-bond donors (Lipinski definition) is 0. The summed E-state index contributed by atoms with van der Waals surface area (Å²) in [5, 5.41) is 3.65. The molecule has 2 aromatic rings. The minimum atomic E-state index is -4.42. The van der Waals surface area contributed by atoms with Gasteiger partial charge in [-0.05, 0) is 34.1 Å². The minimum absolute atomic E-state index is 0.425. The first kappa shape index (κ1) is 12.8. The lowest BCUT2D eigenvalue weighted by Crippen LogP contribution is -2.03. The summed E-state index contributed by atoms with van der Waals surface area (Å²) in [6, 6.07) is 4.53. The molecule has 0 atom stereocenters. The maximum Gasteiger partial charge on any atom is 0.419 e. The summed E-state index contributed by atoms with van der Waals surface area (Å²) < 4.78 is 38.9. The van der Waals surface area contributed by atoms with Crippen LogP contribution in [0.5, 0.6) is 0 Å². The third-order valence-electron chi connectivity index (χ3n) is 2.26. The third-order valence-corrected chi connectivity index (χ3v) is 2.90. The van der Waals surface area contributed by atoms with Crippen LogP contribution in [0.3, 0.4) is 0 Å². The summed E-state index contributed by atoms with van der Waals surface area (Å²) in [6.45, 7) is 0. The average Bonchev–Trinajstić information content (AvgIpc) is 2.77. The molecular formula is C11H6BrF3N2O. The summed E-state index contributed by atoms with van der Waals surface area (Å²) in [6.07, 6.45) is -2.13. The first-order chi connectivity index (χ1) is 8.41. The highest BCUT2D eigenvalue weighted by molar-refractivity contribution is 9.10. The number of aromatic nitrogens is 2. The second-order valence-electron chi connectivity index (χ2n) is 3.50. The number of carbonyl (C=O) groups excluding carboxylic acids is 1. The van der Waals surface area contributed by atoms with Gasteiger partial charge in [-0.3, -0.25) is 4.79 Å². The van der Waals surface area contributed by atoms with Crippen molar-refractivity contribution in [2.45, 2.75) is 6.18 Å². The number of benzene rings is 1. The van der Waals surface area contributed by atoms with E-state index in [2.05, 4.69) is 21.0 Å². The molecule has 3 nitrogen and oxygen atoms in total. The topological polar surface area (TPSA) is 34.9 Å². The van der Waals surface area contributed by atoms with Crippen LogP contribution in [0.25, 0.3) is 5.69 Å². The minimum Gasteiger partial charge on any atom is -0.298 e. The lowest BCUT2D eigenvalue weighted by molar-refractivity contribution is -0.137. The van der Waals surface area contributed by atoms with E-state index in [9.17, 15) is 18.0 Å². The molecule has 2 rings (SSSR count). The van der Waals surface area contributed by atoms with E-state index in [1.54, 1.807) is 0 Å². The van der Waals surface area contributed by atoms with Crippen LogP contribution in [-0.2, 0) is 6.18 Å². The van der Waals surface area contributed by atoms with Gasteiger partial charge in [-0.15, -0.1) is 0 Å². The second-order valence-corrected chi connectivity index (χ2v) is 4.35. The Hall–Kier alpha value is -1.63. The van der Waals surface area contributed by atoms with E-state index in [-0.39, 0.29) is 0 Å². The molecule has 0 aliphatic carbocycles. The third kappa shape index (κ3) is 2.45. The molecule has 0 bridgehead atoms. The van der Waals surface area contributed by atoms with Gasteiger partial charge in [0.2, 0.25) is 0 Å². The molecule has 0 N–H and O–H groups in total. The highest BCUT2D eigenvalue weighted by Crippen LogP contribution is 2.30. The quantitative estimate of drug-likeness (QED) is 0.795. The highest BCUT2D eigenvalue weighted by atomic mass is 79.9. The molecule has 0 aliphatic rings. The monoisotopic (exact) mass is 318 g/mol. The van der Waals surface area contributed by atoms with E-state index in [1.807, 2.05) is 0 Å². The molecule has 7 heteroatoms. The maximum atomic E-state index is 12.4. The fraction of sp³-hybridized carbons (Fsp3) is 0.0909. The van der Waals surface area contributed by atoms with Crippen molar-refractivity contribution < 1.29 is 18.0 Å². The smallest absolute Gasteiger partial charge is 0.298 e. The van der Waals surface area contributed by atoms with E-state index in [4.69, 9.17) is 0 Å². The number of alkyl halides is 3. The molecule has 0 amide bonds. The number of aldehydes is 1. The molecule has 1 heterocycles. The molecule has 94 valence electrons. The van der Waals surface area contributed by atoms with Crippen LogP contribution in [0.15, 0.2) is 35.1 Å². The van der Waals surface area contributed by atoms with Crippen molar-refractivity contribution >= 4 is 22.2 Å². The molecule has 18 heavy (non-hydrogen) atoms. The number of halogens is 4. The second kappa shape index (κ2) is 4.56. The van der Waals surface area contributed by atoms with E-state index in [0.29, 0.717) is 22.0 Å². The highest BCUT2D eigenvalue weighted by Gasteiger charge is 2.32. The number of carbonyl (C=O) groups is 1. The number of hydrogen-bond acceptors (Lipinski definition) is 2. The van der Waals surface area contributed by atoms with Gasteiger partial charge in [-0.1, -0.05) is 0 Å². The van der Waals surface area contributed by atoms with Crippen molar-refractivity contribution in [2.75, 3.05) is 0 Å². The van der Waals surface area contributed by atoms with Crippen LogP contribution >= 0.6 is 15.9 Å². The van der Waals surface area contributed by atoms with Gasteiger partial charge in [-0.2, -0.15) is 18.3 Å². The molecule has 0 radical (unpaired) electrons. The molecule has 1 aromatic carbocycles. The SMILES string of the molecule is O=Cc1ccc(-n2cc(C(F)(F)F)cn2)c(Br)c1. The Balaban J connectivity index is 2.43. The molecule has 0 unspecified atom stereocenters. The van der Waals surface area contributed by atoms with Gasteiger partial charge in [0.1, 0.15) is 6.29 Å². The first-order valence-electron chi connectivity index (χ1n) is 4.79. The van der Waals surface area contributed by atoms with Gasteiger partial charge >= 0.3 is 6.18 Å². The van der Waals surface area contributed by atoms with Gasteiger partial charge in [0.05, 0.1) is 17.4 Å². The Bertz CT molecular complexity index is 592. The Morgan fingerprint density at radius 3 is 2.56 bits per heavy atom. The van der Waals surface area contributed by atoms with Crippen molar-refractivity contribution in [1.29, 1.82) is 0 Å². The van der Waals surface area contributed by atoms with Crippen molar-refractivity contribution in [3.63, 3.8) is 0 Å². The summed E-state index contributed by atoms with van der Waals surface area (Å²) in [5.41, 5.74) is 0.0267. The molecular weight excluding hydrogens is 313 g/mol. The molecule has 0 saturated heterocycles. The Labute approximate surface area is 108 Å². The van der Waals surface area contributed by atoms with E-state index < -0.39 is 11.7 Å². The molecule has 0 fully saturated rings. The van der Waals surface area contributed by atoms with Crippen LogP contribution < -0.4 is 0 Å². The zero-order valence-corrected chi connectivity index (χ0v) is 10.4. The van der Waals surface area contributed by atoms with Crippen LogP contribution in [0.4, 0.5) is 13.2 Å². The van der Waals surface area contributed by atoms with E-state index in [0.717, 1.165) is 17.1 Å². The Morgan fingerprint density at radius 1 is 1.33 bits per heavy atom. The summed E-state index contributed by atoms with van der Waals surface area (Å²) in [5.74, 6) is 0. The zero-order chi connectivity index (χ0) is 13.3. The molecule has 1 aromatic heterocycles. The van der Waals surface area contributed by atoms with Gasteiger partial charge < -0.3 is 0 Å². The largest absolute Gasteiger partial charge is 0.419 e. The Morgan fingerprint density at radius 2 is 2.06 bits per heavy atom. The number of rotatable bonds is 2. The van der Waals surface area contributed by atoms with Crippen LogP contribution in [0.2, 0.25) is 0 Å². The van der Waals surface area contributed by atoms with Gasteiger partial charge in [0.15, 0.2) is 0 Å². The first-order valence-corrected chi connectivity index (χ1v) is 5.58. The van der Waals surface area contributed by atoms with Crippen molar-refractivity contribution in [3.8, 4) is 5.69 Å². The Kier molecular flexibility index (Phi) is 3.25. The standard InChI is InChI=1S/C11H6BrF3N2O/c12-9-3-7(6-18)1-2-10(9)17-5-8(4-16-17)11(13,14)15/h1-6H. The molecule has 0 aliphatic heterocycles. The van der Waals surface area contributed by atoms with Crippen molar-refractivity contribution in [1.82, 2.24) is 9.78 Å². The van der Waals surface area contributed by atoms with Crippen LogP contribution in [0, 0.1) is 0 Å². The lowest BCUT2D eigenvalue weighted by atomic mass is 10.2. The zero-order valence-electron chi connectivity index (χ0n) is 8.78. The normalized spacial score (nSPS) is 11.6. The van der Waals surface area contributed by atoms with Crippen molar-refractivity contribution in [3.05, 3.63) is 46.2 Å². The van der Waals surface area contributed by atoms with Gasteiger partial charge in [-0.25, -0.2) is 4.68 Å². The maximum absolute atomic E-state index is 12.4. The van der Waals surface area contributed by atoms with Gasteiger partial charge in [0, 0.05) is 16.2 Å². The molecule has 0 saturated carbocycles. The van der Waals surface area contributed by atoms with Crippen LogP contribution in [-0.4, -0.2) is 16.1 Å². The average molecular weight is 319 g/mol.